The van der Waals surface area contributed by atoms with Crippen LogP contribution in [0.1, 0.15) is 76.7 Å². The molecule has 1 aliphatic carbocycles. The van der Waals surface area contributed by atoms with E-state index in [1.165, 1.54) is 15.6 Å². The normalized spacial score (nSPS) is 15.4. The van der Waals surface area contributed by atoms with E-state index in [0.717, 1.165) is 54.0 Å². The first-order valence-corrected chi connectivity index (χ1v) is 24.0. The van der Waals surface area contributed by atoms with Gasteiger partial charge in [-0.25, -0.2) is 9.97 Å². The van der Waals surface area contributed by atoms with Crippen LogP contribution in [0.2, 0.25) is 0 Å². The van der Waals surface area contributed by atoms with Crippen molar-refractivity contribution in [1.82, 2.24) is 48.6 Å². The molecule has 5 N–H and O–H groups in total. The monoisotopic (exact) mass is 988 g/mol. The van der Waals surface area contributed by atoms with E-state index in [-0.39, 0.29) is 70.9 Å². The van der Waals surface area contributed by atoms with Crippen molar-refractivity contribution >= 4 is 73.3 Å². The van der Waals surface area contributed by atoms with Crippen LogP contribution in [-0.4, -0.2) is 82.9 Å². The number of aliphatic hydroxyl groups excluding tert-OH is 1. The molecule has 3 atom stereocenters. The number of carbonyl (C=O) groups excluding carboxylic acids is 2. The number of anilines is 2. The summed E-state index contributed by atoms with van der Waals surface area (Å²) in [7, 11) is 1.58. The summed E-state index contributed by atoms with van der Waals surface area (Å²) in [6.07, 6.45) is 7.86. The van der Waals surface area contributed by atoms with E-state index in [9.17, 15) is 24.3 Å². The Morgan fingerprint density at radius 3 is 2.24 bits per heavy atom. The van der Waals surface area contributed by atoms with E-state index in [4.69, 9.17) is 21.6 Å². The fourth-order valence-corrected chi connectivity index (χ4v) is 9.70. The van der Waals surface area contributed by atoms with Crippen LogP contribution in [0.5, 0.6) is 0 Å². The molecule has 0 saturated heterocycles. The summed E-state index contributed by atoms with van der Waals surface area (Å²) in [6.45, 7) is 2.12. The summed E-state index contributed by atoms with van der Waals surface area (Å²) in [4.78, 5) is 74.1. The second kappa shape index (κ2) is 19.7. The van der Waals surface area contributed by atoms with Crippen LogP contribution >= 0.6 is 27.5 Å². The van der Waals surface area contributed by atoms with Crippen LogP contribution in [0.15, 0.2) is 94.8 Å². The fraction of sp³-hybridized carbons (Fsp3) is 0.333. The van der Waals surface area contributed by atoms with Gasteiger partial charge >= 0.3 is 0 Å². The number of amides is 2. The third-order valence-electron chi connectivity index (χ3n) is 12.4. The largest absolute Gasteiger partial charge is 0.391 e. The lowest BCUT2D eigenvalue weighted by Gasteiger charge is -2.17. The third kappa shape index (κ3) is 9.64. The second-order valence-corrected chi connectivity index (χ2v) is 18.3. The van der Waals surface area contributed by atoms with E-state index in [1.54, 1.807) is 49.0 Å². The summed E-state index contributed by atoms with van der Waals surface area (Å²) < 4.78 is 6.65. The summed E-state index contributed by atoms with van der Waals surface area (Å²) in [5.74, 6) is 0.980. The van der Waals surface area contributed by atoms with Crippen molar-refractivity contribution in [3.8, 4) is 22.5 Å². The Kier molecular flexibility index (Phi) is 13.4. The van der Waals surface area contributed by atoms with Gasteiger partial charge in [0.25, 0.3) is 22.9 Å². The van der Waals surface area contributed by atoms with E-state index >= 15 is 0 Å². The van der Waals surface area contributed by atoms with Gasteiger partial charge < -0.3 is 24.4 Å². The summed E-state index contributed by atoms with van der Waals surface area (Å²) in [5.41, 5.74) is 5.10. The van der Waals surface area contributed by atoms with Crippen LogP contribution in [0.25, 0.3) is 44.6 Å². The Labute approximate surface area is 397 Å². The molecule has 1 aliphatic rings. The number of aromatic amines is 2. The van der Waals surface area contributed by atoms with Crippen molar-refractivity contribution in [2.75, 3.05) is 21.8 Å². The van der Waals surface area contributed by atoms with Gasteiger partial charge in [0.15, 0.2) is 0 Å². The maximum Gasteiger partial charge on any atom is 0.275 e. The average Bonchev–Trinajstić information content (AvgIpc) is 4.16. The van der Waals surface area contributed by atoms with Crippen molar-refractivity contribution in [3.63, 3.8) is 0 Å². The molecule has 19 heteroatoms. The van der Waals surface area contributed by atoms with Gasteiger partial charge in [0.05, 0.1) is 57.2 Å². The number of hydrogen-bond donors (Lipinski definition) is 5. The van der Waals surface area contributed by atoms with Gasteiger partial charge in [0, 0.05) is 72.2 Å². The summed E-state index contributed by atoms with van der Waals surface area (Å²) in [6, 6.07) is 21.9. The van der Waals surface area contributed by atoms with Gasteiger partial charge in [0.1, 0.15) is 0 Å². The number of hydrogen-bond acceptors (Lipinski definition) is 9. The number of aliphatic hydroxyl groups is 1. The molecule has 8 aromatic rings. The molecule has 0 unspecified atom stereocenters. The first kappa shape index (κ1) is 45.5. The number of benzene rings is 2. The number of rotatable bonds is 17. The molecule has 9 rings (SSSR count). The first-order chi connectivity index (χ1) is 32.5. The van der Waals surface area contributed by atoms with Gasteiger partial charge in [-0.1, -0.05) is 40.2 Å². The Hall–Kier alpha value is -6.63. The van der Waals surface area contributed by atoms with E-state index in [2.05, 4.69) is 51.3 Å². The van der Waals surface area contributed by atoms with Crippen LogP contribution in [0.4, 0.5) is 11.9 Å². The summed E-state index contributed by atoms with van der Waals surface area (Å²) >= 11 is 9.52. The van der Waals surface area contributed by atoms with Gasteiger partial charge in [-0.2, -0.15) is 0 Å². The van der Waals surface area contributed by atoms with Crippen LogP contribution in [0.3, 0.4) is 0 Å². The molecule has 0 bridgehead atoms. The Bertz CT molecular complexity index is 3240. The molecular formula is C48H50BrClN12O5. The lowest BCUT2D eigenvalue weighted by molar-refractivity contribution is 0.101. The average molecular weight is 990 g/mol. The molecule has 346 valence electrons. The van der Waals surface area contributed by atoms with E-state index in [0.29, 0.717) is 52.3 Å². The van der Waals surface area contributed by atoms with Gasteiger partial charge in [0.2, 0.25) is 11.9 Å². The van der Waals surface area contributed by atoms with Crippen molar-refractivity contribution in [3.05, 3.63) is 128 Å². The minimum Gasteiger partial charge on any atom is -0.391 e. The van der Waals surface area contributed by atoms with Crippen molar-refractivity contribution in [2.24, 2.45) is 13.0 Å². The molecule has 0 aliphatic heterocycles. The Morgan fingerprint density at radius 1 is 0.851 bits per heavy atom. The number of aryl methyl sites for hydroxylation is 4. The highest BCUT2D eigenvalue weighted by Crippen LogP contribution is 2.40. The molecular weight excluding hydrogens is 940 g/mol. The van der Waals surface area contributed by atoms with Gasteiger partial charge in [-0.05, 0) is 99.9 Å². The molecule has 2 aromatic carbocycles. The number of nitrogens with one attached hydrogen (secondary N) is 4. The number of aromatic nitrogens is 10. The highest BCUT2D eigenvalue weighted by Gasteiger charge is 2.30. The minimum atomic E-state index is -0.672. The number of para-hydroxylation sites is 4. The van der Waals surface area contributed by atoms with Crippen LogP contribution < -0.4 is 21.8 Å². The molecule has 17 nitrogen and oxygen atoms in total. The zero-order valence-corrected chi connectivity index (χ0v) is 39.3. The van der Waals surface area contributed by atoms with Crippen molar-refractivity contribution < 1.29 is 14.7 Å². The topological polar surface area (TPSA) is 215 Å². The molecule has 6 heterocycles. The quantitative estimate of drug-likeness (QED) is 0.0568. The summed E-state index contributed by atoms with van der Waals surface area (Å²) in [5, 5.41) is 23.5. The molecule has 0 spiro atoms. The van der Waals surface area contributed by atoms with Crippen LogP contribution in [-0.2, 0) is 26.6 Å². The molecule has 0 radical (unpaired) electrons. The number of imidazole rings is 2. The maximum atomic E-state index is 14.1. The highest BCUT2D eigenvalue weighted by atomic mass is 79.9. The third-order valence-corrected chi connectivity index (χ3v) is 13.2. The van der Waals surface area contributed by atoms with Gasteiger partial charge in [-0.3, -0.25) is 49.1 Å². The molecule has 1 fully saturated rings. The van der Waals surface area contributed by atoms with Crippen molar-refractivity contribution in [1.29, 1.82) is 0 Å². The number of nitrogens with zero attached hydrogens (tertiary/aromatic N) is 8. The maximum absolute atomic E-state index is 14.1. The first-order valence-electron chi connectivity index (χ1n) is 22.4. The molecule has 67 heavy (non-hydrogen) atoms. The Balaban J connectivity index is 0.959. The van der Waals surface area contributed by atoms with E-state index in [1.807, 2.05) is 48.5 Å². The number of carbonyl (C=O) groups is 2. The zero-order chi connectivity index (χ0) is 46.8. The van der Waals surface area contributed by atoms with Crippen LogP contribution in [0, 0.1) is 12.8 Å². The lowest BCUT2D eigenvalue weighted by atomic mass is 10.1. The number of alkyl halides is 2. The number of H-pyrrole nitrogens is 2. The SMILES string of the molecule is Cc1cc(C(=O)Nc2nc3ccccc3n2[C@H]2CC[C@@H](CCCl)C2)cc(-c2c[nH]n(CCc3cc(C(=O)Nc4nc5ccccc5n4C[C@H](O)CCCBr)cc(-c4c[nH]n(C)c4=O)n3)c2=O)n1. The second-order valence-electron chi connectivity index (χ2n) is 17.1. The molecule has 1 saturated carbocycles. The highest BCUT2D eigenvalue weighted by molar-refractivity contribution is 9.09. The fourth-order valence-electron chi connectivity index (χ4n) is 9.07. The van der Waals surface area contributed by atoms with Crippen molar-refractivity contribution in [2.45, 2.75) is 77.1 Å². The predicted octanol–water partition coefficient (Wildman–Crippen LogP) is 7.59. The standard InChI is InChI=1S/C48H50BrClN12O5/c1-28-20-30(43(64)58-48-56-38-10-4-6-12-42(38)62(48)33-14-13-29(21-33)15-18-50)23-39(53-28)36-26-52-61(46(36)67)19-16-32-22-31(24-40(54-32)35-25-51-59(2)45(35)66)44(65)57-47-55-37-9-3-5-11-41(37)60(47)27-34(63)8-7-17-49/h3-6,9-12,20,22-26,29,33-34,51-52,63H,7-8,13-19,21,27H2,1-2H3,(H,55,57,65)(H,56,58,64)/t29-,33-,34+/m0/s1. The minimum absolute atomic E-state index is 0.131. The Morgan fingerprint density at radius 2 is 1.51 bits per heavy atom. The molecule has 2 amide bonds. The van der Waals surface area contributed by atoms with E-state index < -0.39 is 12.0 Å². The zero-order valence-electron chi connectivity index (χ0n) is 37.0. The molecule has 6 aromatic heterocycles. The number of halogens is 2. The number of pyridine rings is 2. The predicted molar refractivity (Wildman–Crippen MR) is 262 cm³/mol. The van der Waals surface area contributed by atoms with Gasteiger partial charge in [-0.15, -0.1) is 11.6 Å². The number of fused-ring (bicyclic) bond motifs is 2. The smallest absolute Gasteiger partial charge is 0.275 e. The lowest BCUT2D eigenvalue weighted by Crippen LogP contribution is -2.22.